The Morgan fingerprint density at radius 2 is 1.52 bits per heavy atom. The molecule has 4 amide bonds. The first-order chi connectivity index (χ1) is 10.8. The van der Waals surface area contributed by atoms with Gasteiger partial charge in [0.05, 0.1) is 5.92 Å². The SMILES string of the molecule is CC(C)C(=O)O.CCC1(c2ccccc2)C(=O)NC(=O)NC1=O. The Morgan fingerprint density at radius 1 is 1.09 bits per heavy atom. The third-order valence-electron chi connectivity index (χ3n) is 3.52. The molecule has 0 radical (unpaired) electrons. The topological polar surface area (TPSA) is 113 Å². The second kappa shape index (κ2) is 7.53. The normalized spacial score (nSPS) is 16.1. The number of aliphatic carboxylic acids is 1. The summed E-state index contributed by atoms with van der Waals surface area (Å²) >= 11 is 0. The number of rotatable bonds is 3. The van der Waals surface area contributed by atoms with Crippen LogP contribution in [0.3, 0.4) is 0 Å². The van der Waals surface area contributed by atoms with Crippen LogP contribution in [0.2, 0.25) is 0 Å². The minimum absolute atomic E-state index is 0.231. The van der Waals surface area contributed by atoms with Gasteiger partial charge in [-0.25, -0.2) is 4.79 Å². The van der Waals surface area contributed by atoms with E-state index in [4.69, 9.17) is 5.11 Å². The standard InChI is InChI=1S/C12H12N2O3.C4H8O2/c1-2-12(8-6-4-3-5-7-8)9(15)13-11(17)14-10(12)16;1-3(2)4(5)6/h3-7H,2H2,1H3,(H2,13,14,15,16,17);3H,1-2H3,(H,5,6). The number of carboxylic acids is 1. The Kier molecular flexibility index (Phi) is 6.01. The van der Waals surface area contributed by atoms with Gasteiger partial charge in [0.15, 0.2) is 5.41 Å². The number of carbonyl (C=O) groups is 4. The fourth-order valence-corrected chi connectivity index (χ4v) is 2.06. The maximum Gasteiger partial charge on any atom is 0.328 e. The molecule has 0 unspecified atom stereocenters. The lowest BCUT2D eigenvalue weighted by Crippen LogP contribution is -2.64. The average Bonchev–Trinajstić information content (AvgIpc) is 2.49. The number of carbonyl (C=O) groups excluding carboxylic acids is 3. The number of carboxylic acid groups (broad SMARTS) is 1. The van der Waals surface area contributed by atoms with Crippen molar-refractivity contribution < 1.29 is 24.3 Å². The Hall–Kier alpha value is -2.70. The summed E-state index contributed by atoms with van der Waals surface area (Å²) in [6.45, 7) is 5.02. The van der Waals surface area contributed by atoms with Crippen LogP contribution in [0, 0.1) is 5.92 Å². The lowest BCUT2D eigenvalue weighted by atomic mass is 9.75. The summed E-state index contributed by atoms with van der Waals surface area (Å²) in [6, 6.07) is 7.96. The van der Waals surface area contributed by atoms with Crippen LogP contribution in [0.25, 0.3) is 0 Å². The summed E-state index contributed by atoms with van der Waals surface area (Å²) in [6.07, 6.45) is 0.294. The van der Waals surface area contributed by atoms with Crippen molar-refractivity contribution in [2.75, 3.05) is 0 Å². The van der Waals surface area contributed by atoms with Crippen LogP contribution in [0.1, 0.15) is 32.8 Å². The van der Waals surface area contributed by atoms with Gasteiger partial charge in [0, 0.05) is 0 Å². The molecule has 0 aromatic heterocycles. The Morgan fingerprint density at radius 3 is 1.87 bits per heavy atom. The van der Waals surface area contributed by atoms with E-state index in [1.165, 1.54) is 0 Å². The third-order valence-corrected chi connectivity index (χ3v) is 3.52. The van der Waals surface area contributed by atoms with Crippen molar-refractivity contribution in [2.45, 2.75) is 32.6 Å². The van der Waals surface area contributed by atoms with Gasteiger partial charge in [0.1, 0.15) is 0 Å². The highest BCUT2D eigenvalue weighted by molar-refractivity contribution is 6.22. The summed E-state index contributed by atoms with van der Waals surface area (Å²) in [5.41, 5.74) is -0.722. The van der Waals surface area contributed by atoms with Crippen LogP contribution in [-0.2, 0) is 19.8 Å². The molecular weight excluding hydrogens is 300 g/mol. The maximum absolute atomic E-state index is 12.0. The molecule has 1 heterocycles. The van der Waals surface area contributed by atoms with Gasteiger partial charge in [0.25, 0.3) is 0 Å². The minimum atomic E-state index is -1.31. The van der Waals surface area contributed by atoms with Gasteiger partial charge >= 0.3 is 12.0 Å². The predicted molar refractivity (Wildman–Crippen MR) is 82.6 cm³/mol. The zero-order valence-corrected chi connectivity index (χ0v) is 13.3. The number of barbiturate groups is 1. The molecule has 1 aliphatic heterocycles. The van der Waals surface area contributed by atoms with Gasteiger partial charge in [-0.2, -0.15) is 0 Å². The quantitative estimate of drug-likeness (QED) is 0.729. The molecule has 23 heavy (non-hydrogen) atoms. The summed E-state index contributed by atoms with van der Waals surface area (Å²) in [5, 5.41) is 12.3. The van der Waals surface area contributed by atoms with E-state index in [1.807, 2.05) is 0 Å². The molecule has 0 spiro atoms. The molecule has 0 saturated carbocycles. The zero-order valence-electron chi connectivity index (χ0n) is 13.3. The molecule has 1 aliphatic rings. The van der Waals surface area contributed by atoms with Crippen molar-refractivity contribution >= 4 is 23.8 Å². The number of imide groups is 2. The van der Waals surface area contributed by atoms with Gasteiger partial charge in [0.2, 0.25) is 11.8 Å². The van der Waals surface area contributed by atoms with Gasteiger partial charge in [-0.3, -0.25) is 25.0 Å². The Bertz CT molecular complexity index is 590. The molecule has 1 aromatic rings. The highest BCUT2D eigenvalue weighted by Gasteiger charge is 2.50. The van der Waals surface area contributed by atoms with Gasteiger partial charge in [-0.15, -0.1) is 0 Å². The summed E-state index contributed by atoms with van der Waals surface area (Å²) in [5.74, 6) is -2.11. The van der Waals surface area contributed by atoms with Crippen molar-refractivity contribution in [2.24, 2.45) is 5.92 Å². The highest BCUT2D eigenvalue weighted by Crippen LogP contribution is 2.30. The lowest BCUT2D eigenvalue weighted by molar-refractivity contribution is -0.141. The van der Waals surface area contributed by atoms with Crippen LogP contribution in [0.5, 0.6) is 0 Å². The van der Waals surface area contributed by atoms with Crippen molar-refractivity contribution in [3.8, 4) is 0 Å². The predicted octanol–water partition coefficient (Wildman–Crippen LogP) is 1.43. The molecular formula is C16H20N2O5. The first kappa shape index (κ1) is 18.3. The maximum atomic E-state index is 12.0. The van der Waals surface area contributed by atoms with E-state index in [9.17, 15) is 19.2 Å². The van der Waals surface area contributed by atoms with Crippen molar-refractivity contribution in [1.29, 1.82) is 0 Å². The van der Waals surface area contributed by atoms with E-state index in [2.05, 4.69) is 10.6 Å². The summed E-state index contributed by atoms with van der Waals surface area (Å²) < 4.78 is 0. The second-order valence-electron chi connectivity index (χ2n) is 5.36. The van der Waals surface area contributed by atoms with Gasteiger partial charge in [-0.1, -0.05) is 51.1 Å². The second-order valence-corrected chi connectivity index (χ2v) is 5.36. The molecule has 7 heteroatoms. The number of hydrogen-bond donors (Lipinski definition) is 3. The molecule has 1 saturated heterocycles. The molecule has 1 aromatic carbocycles. The van der Waals surface area contributed by atoms with E-state index < -0.39 is 29.2 Å². The zero-order chi connectivity index (χ0) is 17.6. The minimum Gasteiger partial charge on any atom is -0.481 e. The van der Waals surface area contributed by atoms with Crippen molar-refractivity contribution in [3.05, 3.63) is 35.9 Å². The van der Waals surface area contributed by atoms with E-state index in [0.29, 0.717) is 12.0 Å². The Labute approximate surface area is 134 Å². The molecule has 0 atom stereocenters. The van der Waals surface area contributed by atoms with E-state index in [1.54, 1.807) is 51.1 Å². The largest absolute Gasteiger partial charge is 0.481 e. The van der Waals surface area contributed by atoms with Crippen molar-refractivity contribution in [3.63, 3.8) is 0 Å². The van der Waals surface area contributed by atoms with Crippen LogP contribution in [0.4, 0.5) is 4.79 Å². The van der Waals surface area contributed by atoms with Crippen LogP contribution in [0.15, 0.2) is 30.3 Å². The molecule has 0 bridgehead atoms. The number of amides is 4. The molecule has 2 rings (SSSR count). The van der Waals surface area contributed by atoms with Gasteiger partial charge in [-0.05, 0) is 12.0 Å². The molecule has 7 nitrogen and oxygen atoms in total. The van der Waals surface area contributed by atoms with Crippen molar-refractivity contribution in [1.82, 2.24) is 10.6 Å². The fraction of sp³-hybridized carbons (Fsp3) is 0.375. The summed E-state index contributed by atoms with van der Waals surface area (Å²) in [4.78, 5) is 44.7. The first-order valence-electron chi connectivity index (χ1n) is 7.20. The molecule has 3 N–H and O–H groups in total. The van der Waals surface area contributed by atoms with E-state index in [-0.39, 0.29) is 5.92 Å². The van der Waals surface area contributed by atoms with Gasteiger partial charge < -0.3 is 5.11 Å². The van der Waals surface area contributed by atoms with E-state index in [0.717, 1.165) is 0 Å². The molecule has 0 aliphatic carbocycles. The third kappa shape index (κ3) is 3.94. The van der Waals surface area contributed by atoms with Crippen LogP contribution < -0.4 is 10.6 Å². The first-order valence-corrected chi connectivity index (χ1v) is 7.20. The molecule has 1 fully saturated rings. The lowest BCUT2D eigenvalue weighted by Gasteiger charge is -2.33. The monoisotopic (exact) mass is 320 g/mol. The smallest absolute Gasteiger partial charge is 0.328 e. The fourth-order valence-electron chi connectivity index (χ4n) is 2.06. The van der Waals surface area contributed by atoms with E-state index >= 15 is 0 Å². The highest BCUT2D eigenvalue weighted by atomic mass is 16.4. The summed E-state index contributed by atoms with van der Waals surface area (Å²) in [7, 11) is 0. The number of hydrogen-bond acceptors (Lipinski definition) is 4. The molecule has 124 valence electrons. The van der Waals surface area contributed by atoms with Crippen LogP contribution in [-0.4, -0.2) is 28.9 Å². The Balaban J connectivity index is 0.000000379. The van der Waals surface area contributed by atoms with Crippen LogP contribution >= 0.6 is 0 Å². The average molecular weight is 320 g/mol. The number of urea groups is 1. The number of benzene rings is 1. The number of nitrogens with one attached hydrogen (secondary N) is 2.